The third kappa shape index (κ3) is 4.48. The lowest BCUT2D eigenvalue weighted by Crippen LogP contribution is -2.46. The first-order valence-electron chi connectivity index (χ1n) is 7.44. The van der Waals surface area contributed by atoms with E-state index in [1.165, 1.54) is 19.4 Å². The van der Waals surface area contributed by atoms with Gasteiger partial charge in [-0.3, -0.25) is 4.90 Å². The van der Waals surface area contributed by atoms with Crippen LogP contribution in [0.25, 0.3) is 0 Å². The average Bonchev–Trinajstić information content (AvgIpc) is 2.47. The highest BCUT2D eigenvalue weighted by Crippen LogP contribution is 2.19. The van der Waals surface area contributed by atoms with Gasteiger partial charge >= 0.3 is 0 Å². The van der Waals surface area contributed by atoms with E-state index >= 15 is 0 Å². The van der Waals surface area contributed by atoms with Gasteiger partial charge in [0.1, 0.15) is 4.99 Å². The predicted molar refractivity (Wildman–Crippen MR) is 90.4 cm³/mol. The van der Waals surface area contributed by atoms with E-state index in [1.54, 1.807) is 0 Å². The molecular formula is C16H25N3OS. The summed E-state index contributed by atoms with van der Waals surface area (Å²) >= 11 is 4.94. The number of likely N-dealkylation sites (N-methyl/N-ethyl adjacent to an activating group) is 2. The molecule has 0 radical (unpaired) electrons. The number of likely N-dealkylation sites (tertiary alicyclic amines) is 1. The topological polar surface area (TPSA) is 52.7 Å². The summed E-state index contributed by atoms with van der Waals surface area (Å²) in [5, 5.41) is 10.4. The number of nitrogens with two attached hydrogens (primary N) is 1. The maximum Gasteiger partial charge on any atom is 0.103 e. The van der Waals surface area contributed by atoms with Gasteiger partial charge in [-0.2, -0.15) is 0 Å². The first-order chi connectivity index (χ1) is 9.97. The van der Waals surface area contributed by atoms with Crippen LogP contribution in [0.1, 0.15) is 30.1 Å². The Morgan fingerprint density at radius 2 is 2.14 bits per heavy atom. The fourth-order valence-corrected chi connectivity index (χ4v) is 3.03. The summed E-state index contributed by atoms with van der Waals surface area (Å²) in [6.07, 6.45) is 1.95. The van der Waals surface area contributed by atoms with E-state index in [2.05, 4.69) is 23.9 Å². The van der Waals surface area contributed by atoms with Crippen molar-refractivity contribution in [1.29, 1.82) is 0 Å². The maximum atomic E-state index is 10.4. The Morgan fingerprint density at radius 1 is 1.48 bits per heavy atom. The molecule has 1 saturated heterocycles. The van der Waals surface area contributed by atoms with Gasteiger partial charge < -0.3 is 15.7 Å². The molecule has 1 aliphatic heterocycles. The lowest BCUT2D eigenvalue weighted by Gasteiger charge is -2.36. The number of thiocarbonyl (C=S) groups is 1. The summed E-state index contributed by atoms with van der Waals surface area (Å²) in [5.41, 5.74) is 7.33. The number of aliphatic hydroxyl groups is 1. The highest BCUT2D eigenvalue weighted by molar-refractivity contribution is 7.80. The van der Waals surface area contributed by atoms with Gasteiger partial charge in [0.2, 0.25) is 0 Å². The molecule has 0 bridgehead atoms. The zero-order valence-electron chi connectivity index (χ0n) is 12.8. The number of hydrogen-bond acceptors (Lipinski definition) is 4. The molecule has 1 fully saturated rings. The second-order valence-electron chi connectivity index (χ2n) is 6.00. The van der Waals surface area contributed by atoms with Crippen molar-refractivity contribution in [3.05, 3.63) is 35.4 Å². The van der Waals surface area contributed by atoms with Gasteiger partial charge in [0.15, 0.2) is 0 Å². The Bertz CT molecular complexity index is 477. The van der Waals surface area contributed by atoms with Crippen molar-refractivity contribution in [3.63, 3.8) is 0 Å². The van der Waals surface area contributed by atoms with Gasteiger partial charge in [0.25, 0.3) is 0 Å². The van der Waals surface area contributed by atoms with Crippen molar-refractivity contribution >= 4 is 17.2 Å². The monoisotopic (exact) mass is 307 g/mol. The van der Waals surface area contributed by atoms with E-state index in [0.717, 1.165) is 17.7 Å². The number of piperidine rings is 1. The first-order valence-corrected chi connectivity index (χ1v) is 7.85. The number of benzene rings is 1. The van der Waals surface area contributed by atoms with Crippen LogP contribution >= 0.6 is 12.2 Å². The minimum absolute atomic E-state index is 0.387. The summed E-state index contributed by atoms with van der Waals surface area (Å²) in [6.45, 7) is 2.89. The first kappa shape index (κ1) is 16.4. The molecule has 1 aromatic rings. The van der Waals surface area contributed by atoms with E-state index in [1.807, 2.05) is 24.3 Å². The Morgan fingerprint density at radius 3 is 2.71 bits per heavy atom. The van der Waals surface area contributed by atoms with Crippen LogP contribution in [0.3, 0.4) is 0 Å². The Hall–Kier alpha value is -1.01. The van der Waals surface area contributed by atoms with Gasteiger partial charge in [-0.25, -0.2) is 0 Å². The van der Waals surface area contributed by atoms with Crippen LogP contribution in [0.15, 0.2) is 24.3 Å². The third-order valence-corrected chi connectivity index (χ3v) is 4.50. The van der Waals surface area contributed by atoms with Crippen molar-refractivity contribution in [2.24, 2.45) is 5.73 Å². The summed E-state index contributed by atoms with van der Waals surface area (Å²) in [6, 6.07) is 8.07. The van der Waals surface area contributed by atoms with Gasteiger partial charge in [-0.1, -0.05) is 36.5 Å². The summed E-state index contributed by atoms with van der Waals surface area (Å²) in [7, 11) is 4.25. The molecule has 0 spiro atoms. The molecule has 116 valence electrons. The van der Waals surface area contributed by atoms with Crippen LogP contribution in [-0.4, -0.2) is 59.7 Å². The Kier molecular flexibility index (Phi) is 5.70. The fourth-order valence-electron chi connectivity index (χ4n) is 2.90. The minimum atomic E-state index is -0.484. The van der Waals surface area contributed by atoms with Gasteiger partial charge in [-0.05, 0) is 39.0 Å². The lowest BCUT2D eigenvalue weighted by molar-refractivity contribution is 0.0742. The molecule has 0 saturated carbocycles. The van der Waals surface area contributed by atoms with Crippen LogP contribution < -0.4 is 5.73 Å². The van der Waals surface area contributed by atoms with Crippen LogP contribution in [0, 0.1) is 0 Å². The van der Waals surface area contributed by atoms with Crippen molar-refractivity contribution in [3.8, 4) is 0 Å². The van der Waals surface area contributed by atoms with Crippen LogP contribution in [0.4, 0.5) is 0 Å². The molecule has 5 heteroatoms. The number of nitrogens with zero attached hydrogens (tertiary/aromatic N) is 2. The highest BCUT2D eigenvalue weighted by Gasteiger charge is 2.23. The second-order valence-corrected chi connectivity index (χ2v) is 6.44. The summed E-state index contributed by atoms with van der Waals surface area (Å²) in [5.74, 6) is 0. The maximum absolute atomic E-state index is 10.4. The number of hydrogen-bond donors (Lipinski definition) is 2. The SMILES string of the molecule is CN1CCCC(N(C)CC(O)c2ccc(C(N)=S)cc2)C1. The van der Waals surface area contributed by atoms with E-state index in [4.69, 9.17) is 18.0 Å². The molecule has 1 heterocycles. The standard InChI is InChI=1S/C16H25N3OS/c1-18-9-3-4-14(10-18)19(2)11-15(20)12-5-7-13(8-6-12)16(17)21/h5-8,14-15,20H,3-4,9-11H2,1-2H3,(H2,17,21). The van der Waals surface area contributed by atoms with E-state index < -0.39 is 6.10 Å². The van der Waals surface area contributed by atoms with Gasteiger partial charge in [0, 0.05) is 24.7 Å². The smallest absolute Gasteiger partial charge is 0.103 e. The minimum Gasteiger partial charge on any atom is -0.389 e. The van der Waals surface area contributed by atoms with Crippen molar-refractivity contribution in [2.45, 2.75) is 25.0 Å². The lowest BCUT2D eigenvalue weighted by atomic mass is 10.0. The zero-order chi connectivity index (χ0) is 15.4. The van der Waals surface area contributed by atoms with Crippen molar-refractivity contribution < 1.29 is 5.11 Å². The molecule has 1 aromatic carbocycles. The van der Waals surface area contributed by atoms with Crippen molar-refractivity contribution in [2.75, 3.05) is 33.7 Å². The van der Waals surface area contributed by atoms with E-state index in [0.29, 0.717) is 17.6 Å². The third-order valence-electron chi connectivity index (χ3n) is 4.26. The molecule has 0 aliphatic carbocycles. The van der Waals surface area contributed by atoms with E-state index in [9.17, 15) is 5.11 Å². The quantitative estimate of drug-likeness (QED) is 0.805. The highest BCUT2D eigenvalue weighted by atomic mass is 32.1. The number of rotatable bonds is 5. The van der Waals surface area contributed by atoms with Crippen LogP contribution in [0.5, 0.6) is 0 Å². The second kappa shape index (κ2) is 7.31. The molecule has 3 N–H and O–H groups in total. The fraction of sp³-hybridized carbons (Fsp3) is 0.562. The summed E-state index contributed by atoms with van der Waals surface area (Å²) in [4.78, 5) is 5.01. The Labute approximate surface area is 132 Å². The van der Waals surface area contributed by atoms with Gasteiger partial charge in [-0.15, -0.1) is 0 Å². The average molecular weight is 307 g/mol. The van der Waals surface area contributed by atoms with Gasteiger partial charge in [0.05, 0.1) is 6.10 Å². The van der Waals surface area contributed by atoms with Crippen LogP contribution in [-0.2, 0) is 0 Å². The van der Waals surface area contributed by atoms with Crippen LogP contribution in [0.2, 0.25) is 0 Å². The summed E-state index contributed by atoms with van der Waals surface area (Å²) < 4.78 is 0. The molecule has 0 amide bonds. The molecular weight excluding hydrogens is 282 g/mol. The molecule has 1 aliphatic rings. The molecule has 2 atom stereocenters. The number of aliphatic hydroxyl groups excluding tert-OH is 1. The predicted octanol–water partition coefficient (Wildman–Crippen LogP) is 1.38. The Balaban J connectivity index is 1.93. The van der Waals surface area contributed by atoms with E-state index in [-0.39, 0.29) is 0 Å². The largest absolute Gasteiger partial charge is 0.389 e. The molecule has 2 rings (SSSR count). The molecule has 0 aromatic heterocycles. The molecule has 21 heavy (non-hydrogen) atoms. The molecule has 2 unspecified atom stereocenters. The zero-order valence-corrected chi connectivity index (χ0v) is 13.6. The normalized spacial score (nSPS) is 21.4. The molecule has 4 nitrogen and oxygen atoms in total. The van der Waals surface area contributed by atoms with Crippen molar-refractivity contribution in [1.82, 2.24) is 9.80 Å².